The maximum Gasteiger partial charge on any atom is 0.200 e. The van der Waals surface area contributed by atoms with E-state index in [4.69, 9.17) is 0 Å². The summed E-state index contributed by atoms with van der Waals surface area (Å²) in [5.41, 5.74) is 2.53. The van der Waals surface area contributed by atoms with Crippen LogP contribution in [0, 0.1) is 58.2 Å². The summed E-state index contributed by atoms with van der Waals surface area (Å²) in [5, 5.41) is 0. The first-order valence-electron chi connectivity index (χ1n) is 24.6. The first-order valence-corrected chi connectivity index (χ1v) is 27.9. The molecular weight excluding hydrogens is 1040 g/mol. The molecule has 0 atom stereocenters. The highest BCUT2D eigenvalue weighted by molar-refractivity contribution is 7.21. The Morgan fingerprint density at radius 3 is 0.824 bits per heavy atom. The van der Waals surface area contributed by atoms with Gasteiger partial charge in [0.05, 0.1) is 11.1 Å². The van der Waals surface area contributed by atoms with Crippen molar-refractivity contribution in [3.63, 3.8) is 0 Å². The first kappa shape index (κ1) is 54.6. The summed E-state index contributed by atoms with van der Waals surface area (Å²) in [6.45, 7) is 12.3. The summed E-state index contributed by atoms with van der Waals surface area (Å²) < 4.78 is 149. The molecule has 4 heterocycles. The molecule has 0 N–H and O–H groups in total. The van der Waals surface area contributed by atoms with Gasteiger partial charge >= 0.3 is 0 Å². The molecule has 0 unspecified atom stereocenters. The molecule has 0 bridgehead atoms. The summed E-state index contributed by atoms with van der Waals surface area (Å²) in [4.78, 5) is 7.64. The summed E-state index contributed by atoms with van der Waals surface area (Å²) in [5.74, 6) is -21.3. The van der Waals surface area contributed by atoms with Crippen LogP contribution in [0.5, 0.6) is 0 Å². The number of benzene rings is 4. The lowest BCUT2D eigenvalue weighted by Crippen LogP contribution is -2.25. The van der Waals surface area contributed by atoms with E-state index in [-0.39, 0.29) is 19.5 Å². The number of hydrogen-bond donors (Lipinski definition) is 0. The number of thiophene rings is 4. The number of unbranched alkanes of at least 4 members (excludes halogenated alkanes) is 4. The van der Waals surface area contributed by atoms with Crippen LogP contribution in [0.25, 0.3) is 52.9 Å². The van der Waals surface area contributed by atoms with Crippen molar-refractivity contribution in [3.05, 3.63) is 175 Å². The predicted molar refractivity (Wildman–Crippen MR) is 288 cm³/mol. The SMILES string of the molecule is CCCCN(CCCC)c1ccc(-c2ccc(C(=C(c3ccc(-c4c(F)c(F)c(F)c(F)c4F)s3)c3ccc(-c4c(F)c(F)c(F)c(F)c4F)s3)c3ccc(-c4ccc(N(CCCC)CCCC)cc4)s3)s2)cc1. The van der Waals surface area contributed by atoms with E-state index in [1.54, 1.807) is 0 Å². The van der Waals surface area contributed by atoms with Gasteiger partial charge in [0.2, 0.25) is 11.6 Å². The zero-order valence-corrected chi connectivity index (χ0v) is 44.3. The highest BCUT2D eigenvalue weighted by Crippen LogP contribution is 2.50. The molecule has 4 aromatic heterocycles. The molecular formula is C58H52F10N2S4. The summed E-state index contributed by atoms with van der Waals surface area (Å²) in [6, 6.07) is 29.5. The zero-order valence-electron chi connectivity index (χ0n) is 41.0. The molecule has 2 nitrogen and oxygen atoms in total. The van der Waals surface area contributed by atoms with Crippen molar-refractivity contribution in [2.45, 2.75) is 79.1 Å². The number of anilines is 2. The molecule has 74 heavy (non-hydrogen) atoms. The van der Waals surface area contributed by atoms with Crippen molar-refractivity contribution in [2.75, 3.05) is 36.0 Å². The van der Waals surface area contributed by atoms with Crippen molar-refractivity contribution in [1.29, 1.82) is 0 Å². The van der Waals surface area contributed by atoms with Crippen LogP contribution in [-0.4, -0.2) is 26.2 Å². The molecule has 0 radical (unpaired) electrons. The molecule has 0 aliphatic rings. The molecule has 0 aliphatic carbocycles. The number of nitrogens with zero attached hydrogens (tertiary/aromatic N) is 2. The predicted octanol–water partition coefficient (Wildman–Crippen LogP) is 19.8. The van der Waals surface area contributed by atoms with Gasteiger partial charge < -0.3 is 9.80 Å². The molecule has 4 aromatic carbocycles. The largest absolute Gasteiger partial charge is 0.372 e. The monoisotopic (exact) mass is 1090 g/mol. The smallest absolute Gasteiger partial charge is 0.200 e. The third-order valence-corrected chi connectivity index (χ3v) is 17.3. The molecule has 0 aliphatic heterocycles. The van der Waals surface area contributed by atoms with E-state index in [1.807, 2.05) is 48.5 Å². The fraction of sp³-hybridized carbons (Fsp3) is 0.276. The number of hydrogen-bond acceptors (Lipinski definition) is 6. The average Bonchev–Trinajstić information content (AvgIpc) is 4.28. The third kappa shape index (κ3) is 11.3. The van der Waals surface area contributed by atoms with Crippen LogP contribution in [0.15, 0.2) is 97.1 Å². The van der Waals surface area contributed by atoms with Crippen molar-refractivity contribution in [3.8, 4) is 41.8 Å². The second-order valence-electron chi connectivity index (χ2n) is 17.8. The van der Waals surface area contributed by atoms with Gasteiger partial charge in [-0.3, -0.25) is 0 Å². The minimum Gasteiger partial charge on any atom is -0.372 e. The molecule has 0 spiro atoms. The lowest BCUT2D eigenvalue weighted by atomic mass is 10.0. The fourth-order valence-electron chi connectivity index (χ4n) is 8.66. The van der Waals surface area contributed by atoms with Gasteiger partial charge in [0.25, 0.3) is 0 Å². The normalized spacial score (nSPS) is 11.5. The molecule has 8 aromatic rings. The van der Waals surface area contributed by atoms with Crippen LogP contribution in [-0.2, 0) is 0 Å². The zero-order chi connectivity index (χ0) is 52.8. The van der Waals surface area contributed by atoms with E-state index in [0.717, 1.165) is 110 Å². The summed E-state index contributed by atoms with van der Waals surface area (Å²) >= 11 is 4.25. The lowest BCUT2D eigenvalue weighted by Gasteiger charge is -2.25. The van der Waals surface area contributed by atoms with Gasteiger partial charge in [0.1, 0.15) is 0 Å². The summed E-state index contributed by atoms with van der Waals surface area (Å²) in [7, 11) is 0. The molecule has 388 valence electrons. The highest BCUT2D eigenvalue weighted by Gasteiger charge is 2.31. The Morgan fingerprint density at radius 2 is 0.554 bits per heavy atom. The summed E-state index contributed by atoms with van der Waals surface area (Å²) in [6.07, 6.45) is 8.40. The number of halogens is 10. The molecule has 0 saturated heterocycles. The minimum atomic E-state index is -2.32. The van der Waals surface area contributed by atoms with Gasteiger partial charge in [-0.25, -0.2) is 43.9 Å². The fourth-order valence-corrected chi connectivity index (χ4v) is 13.1. The standard InChI is InChI=1S/C58H52F10N2S4/c1-5-9-29-69(30-10-6-2)35-17-13-33(14-18-35)37-21-23-39(71-37)45(40-24-22-38(72-40)34-15-19-36(20-16-34)70(31-11-7-3)32-12-8-4)46(41-25-27-43(73-41)47-49(59)53(63)57(67)54(64)50(47)60)42-26-28-44(74-42)48-51(61)55(65)58(68)56(66)52(48)62/h13-28H,5-12,29-32H2,1-4H3. The van der Waals surface area contributed by atoms with Crippen LogP contribution in [0.2, 0.25) is 0 Å². The maximum absolute atomic E-state index is 15.5. The topological polar surface area (TPSA) is 6.48 Å². The van der Waals surface area contributed by atoms with Crippen LogP contribution in [0.4, 0.5) is 55.3 Å². The van der Waals surface area contributed by atoms with Crippen LogP contribution >= 0.6 is 45.3 Å². The van der Waals surface area contributed by atoms with Gasteiger partial charge in [-0.15, -0.1) is 45.3 Å². The van der Waals surface area contributed by atoms with Crippen LogP contribution in [0.3, 0.4) is 0 Å². The molecule has 0 fully saturated rings. The maximum atomic E-state index is 15.5. The van der Waals surface area contributed by atoms with Crippen molar-refractivity contribution in [1.82, 2.24) is 0 Å². The van der Waals surface area contributed by atoms with E-state index in [2.05, 4.69) is 61.8 Å². The highest BCUT2D eigenvalue weighted by atomic mass is 32.1. The van der Waals surface area contributed by atoms with Crippen LogP contribution < -0.4 is 9.80 Å². The number of rotatable bonds is 22. The van der Waals surface area contributed by atoms with Crippen LogP contribution in [0.1, 0.15) is 98.6 Å². The van der Waals surface area contributed by atoms with Gasteiger partial charge in [-0.2, -0.15) is 0 Å². The molecule has 0 amide bonds. The van der Waals surface area contributed by atoms with Crippen molar-refractivity contribution < 1.29 is 43.9 Å². The van der Waals surface area contributed by atoms with E-state index >= 15 is 17.6 Å². The Kier molecular flexibility index (Phi) is 17.9. The van der Waals surface area contributed by atoms with E-state index < -0.39 is 69.3 Å². The Morgan fingerprint density at radius 1 is 0.311 bits per heavy atom. The van der Waals surface area contributed by atoms with Gasteiger partial charge in [0, 0.05) is 87.7 Å². The van der Waals surface area contributed by atoms with Crippen molar-refractivity contribution in [2.24, 2.45) is 0 Å². The van der Waals surface area contributed by atoms with Gasteiger partial charge in [-0.05, 0) is 110 Å². The Hall–Kier alpha value is -5.68. The average molecular weight is 1100 g/mol. The Bertz CT molecular complexity index is 2970. The van der Waals surface area contributed by atoms with E-state index in [1.165, 1.54) is 46.9 Å². The minimum absolute atomic E-state index is 0.238. The lowest BCUT2D eigenvalue weighted by molar-refractivity contribution is 0.381. The Labute approximate surface area is 440 Å². The molecule has 0 saturated carbocycles. The first-order chi connectivity index (χ1) is 35.7. The Balaban J connectivity index is 1.34. The van der Waals surface area contributed by atoms with E-state index in [0.29, 0.717) is 43.6 Å². The quantitative estimate of drug-likeness (QED) is 0.0379. The van der Waals surface area contributed by atoms with Gasteiger partial charge in [0.15, 0.2) is 46.5 Å². The molecule has 8 rings (SSSR count). The van der Waals surface area contributed by atoms with Crippen molar-refractivity contribution >= 4 is 67.9 Å². The van der Waals surface area contributed by atoms with E-state index in [9.17, 15) is 26.3 Å². The second-order valence-corrected chi connectivity index (χ2v) is 22.1. The second kappa shape index (κ2) is 24.3. The third-order valence-electron chi connectivity index (χ3n) is 12.7. The molecule has 16 heteroatoms. The van der Waals surface area contributed by atoms with Gasteiger partial charge in [-0.1, -0.05) is 77.6 Å².